The van der Waals surface area contributed by atoms with Crippen LogP contribution in [0, 0.1) is 10.1 Å². The fraction of sp³-hybridized carbons (Fsp3) is 0.625. The van der Waals surface area contributed by atoms with E-state index in [1.165, 1.54) is 12.3 Å². The first-order valence-electron chi connectivity index (χ1n) is 7.95. The lowest BCUT2D eigenvalue weighted by Gasteiger charge is -2.44. The van der Waals surface area contributed by atoms with Crippen LogP contribution in [0.5, 0.6) is 0 Å². The maximum Gasteiger partial charge on any atom is 0.410 e. The summed E-state index contributed by atoms with van der Waals surface area (Å²) in [7, 11) is 0. The van der Waals surface area contributed by atoms with Crippen molar-refractivity contribution in [2.45, 2.75) is 52.3 Å². The summed E-state index contributed by atoms with van der Waals surface area (Å²) in [4.78, 5) is 30.2. The highest BCUT2D eigenvalue weighted by Gasteiger charge is 2.35. The van der Waals surface area contributed by atoms with Gasteiger partial charge >= 0.3 is 11.9 Å². The van der Waals surface area contributed by atoms with Crippen molar-refractivity contribution in [2.24, 2.45) is 0 Å². The monoisotopic (exact) mass is 336 g/mol. The van der Waals surface area contributed by atoms with Crippen LogP contribution in [-0.2, 0) is 4.74 Å². The van der Waals surface area contributed by atoms with E-state index in [4.69, 9.17) is 4.74 Å². The molecule has 132 valence electrons. The number of ether oxygens (including phenoxy) is 1. The smallest absolute Gasteiger partial charge is 0.410 e. The zero-order valence-electron chi connectivity index (χ0n) is 14.7. The van der Waals surface area contributed by atoms with Gasteiger partial charge in [-0.05, 0) is 50.6 Å². The molecule has 1 amide bonds. The molecule has 1 aliphatic heterocycles. The molecule has 0 spiro atoms. The summed E-state index contributed by atoms with van der Waals surface area (Å²) in [6.07, 6.45) is 1.19. The van der Waals surface area contributed by atoms with Crippen LogP contribution in [0.1, 0.15) is 34.6 Å². The number of hydrogen-bond donors (Lipinski definition) is 0. The molecule has 2 unspecified atom stereocenters. The molecule has 0 N–H and O–H groups in total. The summed E-state index contributed by atoms with van der Waals surface area (Å²) in [6.45, 7) is 10.6. The molecule has 1 aromatic rings. The van der Waals surface area contributed by atoms with Crippen LogP contribution in [0.15, 0.2) is 18.3 Å². The van der Waals surface area contributed by atoms with E-state index in [0.717, 1.165) is 5.69 Å². The molecule has 24 heavy (non-hydrogen) atoms. The first kappa shape index (κ1) is 18.0. The van der Waals surface area contributed by atoms with Crippen molar-refractivity contribution in [1.82, 2.24) is 9.88 Å². The number of aromatic nitrogens is 1. The highest BCUT2D eigenvalue weighted by Crippen LogP contribution is 2.25. The van der Waals surface area contributed by atoms with Crippen molar-refractivity contribution in [3.05, 3.63) is 28.4 Å². The van der Waals surface area contributed by atoms with E-state index < -0.39 is 10.5 Å². The number of nitrogens with zero attached hydrogens (tertiary/aromatic N) is 4. The molecule has 0 bridgehead atoms. The minimum absolute atomic E-state index is 0.0359. The zero-order valence-corrected chi connectivity index (χ0v) is 14.7. The zero-order chi connectivity index (χ0) is 18.1. The van der Waals surface area contributed by atoms with E-state index in [1.54, 1.807) is 11.0 Å². The van der Waals surface area contributed by atoms with Crippen LogP contribution >= 0.6 is 0 Å². The summed E-state index contributed by atoms with van der Waals surface area (Å²) in [5, 5.41) is 10.7. The third-order valence-electron chi connectivity index (χ3n) is 3.86. The van der Waals surface area contributed by atoms with E-state index in [2.05, 4.69) is 9.88 Å². The minimum atomic E-state index is -0.528. The summed E-state index contributed by atoms with van der Waals surface area (Å²) in [5.74, 6) is -0.174. The Bertz CT molecular complexity index is 611. The van der Waals surface area contributed by atoms with Gasteiger partial charge in [-0.25, -0.2) is 4.79 Å². The van der Waals surface area contributed by atoms with Crippen LogP contribution < -0.4 is 4.90 Å². The van der Waals surface area contributed by atoms with Crippen LogP contribution in [-0.4, -0.2) is 51.7 Å². The van der Waals surface area contributed by atoms with Gasteiger partial charge in [-0.1, -0.05) is 0 Å². The van der Waals surface area contributed by atoms with Gasteiger partial charge in [0.1, 0.15) is 5.60 Å². The number of anilines is 1. The summed E-state index contributed by atoms with van der Waals surface area (Å²) >= 11 is 0. The van der Waals surface area contributed by atoms with Gasteiger partial charge in [-0.2, -0.15) is 0 Å². The maximum absolute atomic E-state index is 12.3. The molecule has 2 atom stereocenters. The first-order valence-corrected chi connectivity index (χ1v) is 7.95. The Hall–Kier alpha value is -2.38. The van der Waals surface area contributed by atoms with Crippen molar-refractivity contribution in [3.63, 3.8) is 0 Å². The number of pyridine rings is 1. The fourth-order valence-corrected chi connectivity index (χ4v) is 2.72. The lowest BCUT2D eigenvalue weighted by Crippen LogP contribution is -2.59. The van der Waals surface area contributed by atoms with Crippen molar-refractivity contribution in [1.29, 1.82) is 0 Å². The van der Waals surface area contributed by atoms with Gasteiger partial charge in [-0.3, -0.25) is 0 Å². The third-order valence-corrected chi connectivity index (χ3v) is 3.86. The molecule has 0 saturated carbocycles. The lowest BCUT2D eigenvalue weighted by atomic mass is 10.1. The molecule has 0 radical (unpaired) electrons. The van der Waals surface area contributed by atoms with Crippen molar-refractivity contribution >= 4 is 17.6 Å². The summed E-state index contributed by atoms with van der Waals surface area (Å²) in [6, 6.07) is 3.10. The Morgan fingerprint density at radius 1 is 1.29 bits per heavy atom. The van der Waals surface area contributed by atoms with Crippen LogP contribution in [0.25, 0.3) is 0 Å². The number of hydrogen-bond acceptors (Lipinski definition) is 6. The quantitative estimate of drug-likeness (QED) is 0.609. The van der Waals surface area contributed by atoms with Gasteiger partial charge in [0.05, 0.1) is 5.69 Å². The van der Waals surface area contributed by atoms with Gasteiger partial charge in [-0.15, -0.1) is 0 Å². The second kappa shape index (κ2) is 6.62. The number of piperazine rings is 1. The molecule has 1 saturated heterocycles. The van der Waals surface area contributed by atoms with Crippen molar-refractivity contribution < 1.29 is 14.5 Å². The average Bonchev–Trinajstić information content (AvgIpc) is 2.47. The van der Waals surface area contributed by atoms with E-state index in [-0.39, 0.29) is 24.0 Å². The van der Waals surface area contributed by atoms with Gasteiger partial charge in [0, 0.05) is 31.2 Å². The Morgan fingerprint density at radius 2 is 1.96 bits per heavy atom. The van der Waals surface area contributed by atoms with Crippen molar-refractivity contribution in [3.8, 4) is 0 Å². The average molecular weight is 336 g/mol. The van der Waals surface area contributed by atoms with E-state index in [9.17, 15) is 14.9 Å². The molecule has 2 heterocycles. The van der Waals surface area contributed by atoms with Gasteiger partial charge in [0.15, 0.2) is 6.20 Å². The van der Waals surface area contributed by atoms with Gasteiger partial charge < -0.3 is 24.7 Å². The molecule has 8 nitrogen and oxygen atoms in total. The van der Waals surface area contributed by atoms with Crippen LogP contribution in [0.4, 0.5) is 16.3 Å². The van der Waals surface area contributed by atoms with Crippen molar-refractivity contribution in [2.75, 3.05) is 18.0 Å². The molecular formula is C16H24N4O4. The van der Waals surface area contributed by atoms with Gasteiger partial charge in [0.25, 0.3) is 0 Å². The molecule has 0 aliphatic carbocycles. The fourth-order valence-electron chi connectivity index (χ4n) is 2.72. The normalized spacial score (nSPS) is 21.5. The lowest BCUT2D eigenvalue weighted by molar-refractivity contribution is -0.389. The Morgan fingerprint density at radius 3 is 2.46 bits per heavy atom. The Balaban J connectivity index is 2.10. The summed E-state index contributed by atoms with van der Waals surface area (Å²) in [5.41, 5.74) is 0.281. The molecule has 1 aliphatic rings. The SMILES string of the molecule is CC1CN(c2ccc([N+](=O)[O-])nc2)C(C)CN1C(=O)OC(C)(C)C. The number of amides is 1. The standard InChI is InChI=1S/C16H24N4O4/c1-11-10-19(15(21)24-16(3,4)5)12(2)9-18(11)13-6-7-14(17-8-13)20(22)23/h6-8,11-12H,9-10H2,1-5H3. The predicted molar refractivity (Wildman–Crippen MR) is 90.1 cm³/mol. The second-order valence-corrected chi connectivity index (χ2v) is 7.11. The number of rotatable bonds is 2. The topological polar surface area (TPSA) is 88.8 Å². The molecule has 1 aromatic heterocycles. The van der Waals surface area contributed by atoms with E-state index in [0.29, 0.717) is 13.1 Å². The van der Waals surface area contributed by atoms with Crippen LogP contribution in [0.2, 0.25) is 0 Å². The molecule has 1 fully saturated rings. The van der Waals surface area contributed by atoms with Gasteiger partial charge in [0.2, 0.25) is 0 Å². The van der Waals surface area contributed by atoms with E-state index >= 15 is 0 Å². The van der Waals surface area contributed by atoms with Crippen LogP contribution in [0.3, 0.4) is 0 Å². The largest absolute Gasteiger partial charge is 0.444 e. The maximum atomic E-state index is 12.3. The number of carbonyl (C=O) groups excluding carboxylic acids is 1. The molecular weight excluding hydrogens is 312 g/mol. The number of carbonyl (C=O) groups is 1. The third kappa shape index (κ3) is 4.12. The Labute approximate surface area is 141 Å². The second-order valence-electron chi connectivity index (χ2n) is 7.11. The number of nitro groups is 1. The minimum Gasteiger partial charge on any atom is -0.444 e. The first-order chi connectivity index (χ1) is 11.1. The molecule has 0 aromatic carbocycles. The highest BCUT2D eigenvalue weighted by atomic mass is 16.6. The van der Waals surface area contributed by atoms with E-state index in [1.807, 2.05) is 34.6 Å². The highest BCUT2D eigenvalue weighted by molar-refractivity contribution is 5.69. The summed E-state index contributed by atoms with van der Waals surface area (Å²) < 4.78 is 5.46. The Kier molecular flexibility index (Phi) is 4.96. The predicted octanol–water partition coefficient (Wildman–Crippen LogP) is 2.82. The molecule has 2 rings (SSSR count). The molecule has 8 heteroatoms.